The molecule has 0 aromatic heterocycles. The Morgan fingerprint density at radius 2 is 0.455 bits per heavy atom. The van der Waals surface area contributed by atoms with Crippen molar-refractivity contribution in [1.29, 1.82) is 0 Å². The Labute approximate surface area is 553 Å². The maximum atomic E-state index is 12.4. The molecule has 0 aliphatic rings. The number of carbonyl (C=O) groups excluding carboxylic acids is 2. The van der Waals surface area contributed by atoms with Crippen LogP contribution in [0.5, 0.6) is 0 Å². The van der Waals surface area contributed by atoms with Gasteiger partial charge in [0, 0.05) is 12.8 Å². The molecule has 0 heterocycles. The molecule has 0 aliphatic carbocycles. The zero-order chi connectivity index (χ0) is 63.3. The molecular formula is C83H160O5. The lowest BCUT2D eigenvalue weighted by molar-refractivity contribution is -0.161. The maximum absolute atomic E-state index is 12.4. The lowest BCUT2D eigenvalue weighted by atomic mass is 10.0. The number of aliphatic hydroxyl groups is 1. The molecule has 5 heteroatoms. The van der Waals surface area contributed by atoms with Gasteiger partial charge >= 0.3 is 11.9 Å². The summed E-state index contributed by atoms with van der Waals surface area (Å²) in [6, 6.07) is 0. The number of aliphatic hydroxyl groups excluding tert-OH is 1. The van der Waals surface area contributed by atoms with Crippen LogP contribution in [0, 0.1) is 0 Å². The Hall–Kier alpha value is -1.62. The number of allylic oxidation sites excluding steroid dienone is 4. The lowest BCUT2D eigenvalue weighted by Crippen LogP contribution is -2.28. The van der Waals surface area contributed by atoms with Crippen LogP contribution < -0.4 is 0 Å². The van der Waals surface area contributed by atoms with Crippen LogP contribution in [0.25, 0.3) is 0 Å². The normalized spacial score (nSPS) is 12.2. The van der Waals surface area contributed by atoms with E-state index in [0.29, 0.717) is 12.8 Å². The van der Waals surface area contributed by atoms with Gasteiger partial charge in [0.25, 0.3) is 0 Å². The number of esters is 2. The fourth-order valence-electron chi connectivity index (χ4n) is 13.1. The van der Waals surface area contributed by atoms with E-state index in [-0.39, 0.29) is 25.2 Å². The minimum absolute atomic E-state index is 0.0570. The molecule has 0 aromatic carbocycles. The number of rotatable bonds is 78. The third-order valence-electron chi connectivity index (χ3n) is 19.2. The van der Waals surface area contributed by atoms with Crippen LogP contribution in [0.4, 0.5) is 0 Å². The molecule has 1 unspecified atom stereocenters. The minimum Gasteiger partial charge on any atom is -0.462 e. The van der Waals surface area contributed by atoms with Crippen molar-refractivity contribution in [2.75, 3.05) is 13.2 Å². The molecule has 0 saturated carbocycles. The van der Waals surface area contributed by atoms with Gasteiger partial charge in [0.05, 0.1) is 6.61 Å². The quantitative estimate of drug-likeness (QED) is 0.0373. The molecule has 0 fully saturated rings. The lowest BCUT2D eigenvalue weighted by Gasteiger charge is -2.15. The zero-order valence-corrected chi connectivity index (χ0v) is 60.3. The summed E-state index contributed by atoms with van der Waals surface area (Å²) < 4.78 is 10.8. The first-order valence-corrected chi connectivity index (χ1v) is 40.9. The molecule has 0 radical (unpaired) electrons. The number of unbranched alkanes of at least 4 members (excludes halogenated alkanes) is 66. The van der Waals surface area contributed by atoms with Crippen molar-refractivity contribution in [2.24, 2.45) is 0 Å². The SMILES string of the molecule is CCCCCCC/C=C\C/C=C\CCCCCCCCCCCCCCCCCCCCCCCCCC(=O)OC(CO)COC(=O)CCCCCCCCCCCCCCCCCCCCCCCCCCCCCCCCCCCCCCCCC. The smallest absolute Gasteiger partial charge is 0.306 e. The molecule has 0 spiro atoms. The van der Waals surface area contributed by atoms with Crippen LogP contribution in [0.2, 0.25) is 0 Å². The van der Waals surface area contributed by atoms with Gasteiger partial charge in [0.2, 0.25) is 0 Å². The van der Waals surface area contributed by atoms with Gasteiger partial charge in [0.15, 0.2) is 6.10 Å². The molecule has 1 atom stereocenters. The second-order valence-corrected chi connectivity index (χ2v) is 28.2. The number of ether oxygens (including phenoxy) is 2. The average molecular weight is 1240 g/mol. The van der Waals surface area contributed by atoms with Crippen LogP contribution in [0.3, 0.4) is 0 Å². The Morgan fingerprint density at radius 3 is 0.670 bits per heavy atom. The Bertz CT molecular complexity index is 1360. The van der Waals surface area contributed by atoms with Crippen LogP contribution in [-0.2, 0) is 19.1 Å². The Balaban J connectivity index is 3.34. The summed E-state index contributed by atoms with van der Waals surface area (Å²) in [7, 11) is 0. The summed E-state index contributed by atoms with van der Waals surface area (Å²) in [4.78, 5) is 24.7. The van der Waals surface area contributed by atoms with Gasteiger partial charge in [-0.25, -0.2) is 0 Å². The van der Waals surface area contributed by atoms with Crippen molar-refractivity contribution in [3.8, 4) is 0 Å². The van der Waals surface area contributed by atoms with Gasteiger partial charge in [-0.3, -0.25) is 9.59 Å². The van der Waals surface area contributed by atoms with E-state index in [9.17, 15) is 14.7 Å². The molecule has 1 N–H and O–H groups in total. The Kier molecular flexibility index (Phi) is 78.2. The van der Waals surface area contributed by atoms with Gasteiger partial charge in [-0.05, 0) is 44.9 Å². The summed E-state index contributed by atoms with van der Waals surface area (Å²) in [6.45, 7) is 4.21. The van der Waals surface area contributed by atoms with Gasteiger partial charge in [0.1, 0.15) is 6.61 Å². The van der Waals surface area contributed by atoms with Gasteiger partial charge < -0.3 is 14.6 Å². The largest absolute Gasteiger partial charge is 0.462 e. The molecule has 522 valence electrons. The average Bonchev–Trinajstić information content (AvgIpc) is 3.54. The summed E-state index contributed by atoms with van der Waals surface area (Å²) in [5.41, 5.74) is 0. The highest BCUT2D eigenvalue weighted by Gasteiger charge is 2.16. The minimum atomic E-state index is -0.769. The highest BCUT2D eigenvalue weighted by molar-refractivity contribution is 5.70. The molecule has 0 saturated heterocycles. The second-order valence-electron chi connectivity index (χ2n) is 28.2. The molecule has 5 nitrogen and oxygen atoms in total. The van der Waals surface area contributed by atoms with Crippen molar-refractivity contribution in [3.63, 3.8) is 0 Å². The third kappa shape index (κ3) is 76.8. The van der Waals surface area contributed by atoms with E-state index in [1.165, 1.54) is 411 Å². The first kappa shape index (κ1) is 86.4. The van der Waals surface area contributed by atoms with Crippen LogP contribution in [0.15, 0.2) is 24.3 Å². The summed E-state index contributed by atoms with van der Waals surface area (Å²) in [5, 5.41) is 9.73. The van der Waals surface area contributed by atoms with Crippen molar-refractivity contribution >= 4 is 11.9 Å². The predicted octanol–water partition coefficient (Wildman–Crippen LogP) is 28.7. The number of hydrogen-bond donors (Lipinski definition) is 1. The molecular weight excluding hydrogens is 1080 g/mol. The fourth-order valence-corrected chi connectivity index (χ4v) is 13.1. The maximum Gasteiger partial charge on any atom is 0.306 e. The molecule has 0 rings (SSSR count). The van der Waals surface area contributed by atoms with Crippen LogP contribution in [-0.4, -0.2) is 36.4 Å². The first-order valence-electron chi connectivity index (χ1n) is 40.9. The molecule has 0 bridgehead atoms. The molecule has 0 aliphatic heterocycles. The Morgan fingerprint density at radius 1 is 0.261 bits per heavy atom. The van der Waals surface area contributed by atoms with Gasteiger partial charge in [-0.1, -0.05) is 443 Å². The van der Waals surface area contributed by atoms with E-state index in [1.807, 2.05) is 0 Å². The third-order valence-corrected chi connectivity index (χ3v) is 19.2. The van der Waals surface area contributed by atoms with E-state index in [2.05, 4.69) is 38.2 Å². The van der Waals surface area contributed by atoms with Crippen molar-refractivity contribution in [3.05, 3.63) is 24.3 Å². The topological polar surface area (TPSA) is 72.8 Å². The van der Waals surface area contributed by atoms with E-state index in [1.54, 1.807) is 0 Å². The summed E-state index contributed by atoms with van der Waals surface area (Å²) >= 11 is 0. The van der Waals surface area contributed by atoms with E-state index in [4.69, 9.17) is 9.47 Å². The van der Waals surface area contributed by atoms with E-state index >= 15 is 0 Å². The second kappa shape index (κ2) is 79.6. The fraction of sp³-hybridized carbons (Fsp3) is 0.928. The van der Waals surface area contributed by atoms with E-state index < -0.39 is 6.10 Å². The molecule has 0 amide bonds. The highest BCUT2D eigenvalue weighted by Crippen LogP contribution is 2.21. The zero-order valence-electron chi connectivity index (χ0n) is 60.3. The monoisotopic (exact) mass is 1240 g/mol. The van der Waals surface area contributed by atoms with Gasteiger partial charge in [-0.2, -0.15) is 0 Å². The molecule has 0 aromatic rings. The van der Waals surface area contributed by atoms with Crippen molar-refractivity contribution in [2.45, 2.75) is 482 Å². The van der Waals surface area contributed by atoms with Crippen LogP contribution in [0.1, 0.15) is 476 Å². The van der Waals surface area contributed by atoms with Crippen molar-refractivity contribution < 1.29 is 24.2 Å². The number of hydrogen-bond acceptors (Lipinski definition) is 5. The van der Waals surface area contributed by atoms with Crippen molar-refractivity contribution in [1.82, 2.24) is 0 Å². The van der Waals surface area contributed by atoms with E-state index in [0.717, 1.165) is 38.5 Å². The summed E-state index contributed by atoms with van der Waals surface area (Å²) in [5.74, 6) is -0.559. The number of carbonyl (C=O) groups is 2. The highest BCUT2D eigenvalue weighted by atomic mass is 16.6. The van der Waals surface area contributed by atoms with Crippen LogP contribution >= 0.6 is 0 Å². The standard InChI is InChI=1S/C83H160O5/c1-3-5-7-9-11-13-15-17-19-21-23-25-27-29-31-33-35-37-39-40-41-42-44-45-47-49-51-53-55-57-59-61-63-65-67-69-71-73-75-77-82(85)87-80-81(79-84)88-83(86)78-76-74-72-70-68-66-64-62-60-58-56-54-52-50-48-46-43-38-36-34-32-30-28-26-24-22-20-18-16-14-12-10-8-6-4-2/h16,18,22,24,81,84H,3-15,17,19-21,23,25-80H2,1-2H3/b18-16-,24-22-. The first-order chi connectivity index (χ1) is 43.6. The molecule has 88 heavy (non-hydrogen) atoms. The van der Waals surface area contributed by atoms with Gasteiger partial charge in [-0.15, -0.1) is 0 Å². The predicted molar refractivity (Wildman–Crippen MR) is 390 cm³/mol. The summed E-state index contributed by atoms with van der Waals surface area (Å²) in [6.07, 6.45) is 106.